The Labute approximate surface area is 180 Å². The average molecular weight is 413 g/mol. The summed E-state index contributed by atoms with van der Waals surface area (Å²) in [5, 5.41) is 8.28. The lowest BCUT2D eigenvalue weighted by molar-refractivity contribution is 0.0245. The van der Waals surface area contributed by atoms with Crippen molar-refractivity contribution in [3.05, 3.63) is 95.1 Å². The van der Waals surface area contributed by atoms with Gasteiger partial charge in [-0.15, -0.1) is 5.10 Å². The Hall–Kier alpha value is -3.80. The van der Waals surface area contributed by atoms with Gasteiger partial charge in [0, 0.05) is 5.56 Å². The highest BCUT2D eigenvalue weighted by Crippen LogP contribution is 2.16. The van der Waals surface area contributed by atoms with Gasteiger partial charge in [0.25, 0.3) is 0 Å². The molecule has 1 atom stereocenters. The maximum atomic E-state index is 13.2. The number of ketones is 1. The van der Waals surface area contributed by atoms with Gasteiger partial charge in [-0.25, -0.2) is 9.48 Å². The second-order valence-corrected chi connectivity index (χ2v) is 7.43. The number of nitrogens with zero attached hydrogens (tertiary/aromatic N) is 3. The van der Waals surface area contributed by atoms with E-state index >= 15 is 0 Å². The molecule has 156 valence electrons. The highest BCUT2D eigenvalue weighted by molar-refractivity contribution is 6.01. The summed E-state index contributed by atoms with van der Waals surface area (Å²) >= 11 is 0. The minimum atomic E-state index is -1.04. The molecule has 6 nitrogen and oxygen atoms in total. The number of aromatic nitrogens is 3. The molecule has 0 radical (unpaired) electrons. The smallest absolute Gasteiger partial charge is 0.338 e. The molecule has 0 aliphatic rings. The zero-order chi connectivity index (χ0) is 21.8. The molecule has 0 bridgehead atoms. The molecule has 0 unspecified atom stereocenters. The highest BCUT2D eigenvalue weighted by Gasteiger charge is 2.27. The Morgan fingerprint density at radius 2 is 1.61 bits per heavy atom. The van der Waals surface area contributed by atoms with Crippen molar-refractivity contribution in [1.29, 1.82) is 0 Å². The van der Waals surface area contributed by atoms with Gasteiger partial charge < -0.3 is 4.74 Å². The van der Waals surface area contributed by atoms with Crippen LogP contribution in [0, 0.1) is 6.92 Å². The van der Waals surface area contributed by atoms with Crippen molar-refractivity contribution in [2.24, 2.45) is 0 Å². The number of para-hydroxylation sites is 1. The summed E-state index contributed by atoms with van der Waals surface area (Å²) in [4.78, 5) is 26.1. The van der Waals surface area contributed by atoms with Crippen molar-refractivity contribution >= 4 is 22.8 Å². The van der Waals surface area contributed by atoms with Crippen LogP contribution in [0.4, 0.5) is 0 Å². The second-order valence-electron chi connectivity index (χ2n) is 7.43. The standard InChI is InChI=1S/C25H23N3O3/c1-3-18-10-14-20(15-11-18)25(30)31-23(24(29)19-12-8-17(2)9-13-19)16-28-22-7-5-4-6-21(22)26-27-28/h4-15,23H,3,16H2,1-2H3/t23-/m0/s1. The van der Waals surface area contributed by atoms with Crippen LogP contribution in [0.15, 0.2) is 72.8 Å². The summed E-state index contributed by atoms with van der Waals surface area (Å²) in [6.07, 6.45) is -0.158. The maximum Gasteiger partial charge on any atom is 0.338 e. The normalized spacial score (nSPS) is 11.9. The zero-order valence-corrected chi connectivity index (χ0v) is 17.5. The number of rotatable bonds is 7. The Bertz CT molecular complexity index is 1210. The fourth-order valence-corrected chi connectivity index (χ4v) is 3.36. The molecule has 31 heavy (non-hydrogen) atoms. The van der Waals surface area contributed by atoms with E-state index in [9.17, 15) is 9.59 Å². The van der Waals surface area contributed by atoms with Crippen molar-refractivity contribution in [2.45, 2.75) is 32.9 Å². The molecule has 0 N–H and O–H groups in total. The third kappa shape index (κ3) is 4.53. The summed E-state index contributed by atoms with van der Waals surface area (Å²) in [7, 11) is 0. The largest absolute Gasteiger partial charge is 0.448 e. The molecule has 0 amide bonds. The van der Waals surface area contributed by atoms with Crippen LogP contribution in [0.1, 0.15) is 38.8 Å². The first-order valence-electron chi connectivity index (χ1n) is 10.2. The monoisotopic (exact) mass is 413 g/mol. The summed E-state index contributed by atoms with van der Waals surface area (Å²) < 4.78 is 7.30. The summed E-state index contributed by atoms with van der Waals surface area (Å²) in [5.74, 6) is -0.823. The van der Waals surface area contributed by atoms with Gasteiger partial charge >= 0.3 is 5.97 Å². The van der Waals surface area contributed by atoms with Crippen LogP contribution in [0.3, 0.4) is 0 Å². The predicted molar refractivity (Wildman–Crippen MR) is 118 cm³/mol. The first-order valence-corrected chi connectivity index (χ1v) is 10.2. The first kappa shape index (κ1) is 20.5. The van der Waals surface area contributed by atoms with E-state index in [0.29, 0.717) is 16.6 Å². The number of benzene rings is 3. The molecular weight excluding hydrogens is 390 g/mol. The van der Waals surface area contributed by atoms with Crippen LogP contribution in [-0.4, -0.2) is 32.9 Å². The third-order valence-corrected chi connectivity index (χ3v) is 5.23. The SMILES string of the molecule is CCc1ccc(C(=O)O[C@@H](Cn2nnc3ccccc32)C(=O)c2ccc(C)cc2)cc1. The van der Waals surface area contributed by atoms with Crippen LogP contribution >= 0.6 is 0 Å². The maximum absolute atomic E-state index is 13.2. The lowest BCUT2D eigenvalue weighted by Gasteiger charge is -2.17. The molecule has 0 aliphatic heterocycles. The number of ether oxygens (including phenoxy) is 1. The lowest BCUT2D eigenvalue weighted by Crippen LogP contribution is -2.32. The van der Waals surface area contributed by atoms with Crippen LogP contribution in [0.5, 0.6) is 0 Å². The van der Waals surface area contributed by atoms with E-state index in [-0.39, 0.29) is 12.3 Å². The van der Waals surface area contributed by atoms with Crippen molar-refractivity contribution in [2.75, 3.05) is 0 Å². The van der Waals surface area contributed by atoms with Gasteiger partial charge in [-0.3, -0.25) is 4.79 Å². The van der Waals surface area contributed by atoms with Gasteiger partial charge in [0.2, 0.25) is 5.78 Å². The van der Waals surface area contributed by atoms with E-state index in [0.717, 1.165) is 23.1 Å². The topological polar surface area (TPSA) is 74.1 Å². The predicted octanol–water partition coefficient (Wildman–Crippen LogP) is 4.41. The lowest BCUT2D eigenvalue weighted by atomic mass is 10.0. The summed E-state index contributed by atoms with van der Waals surface area (Å²) in [6, 6.07) is 21.9. The van der Waals surface area contributed by atoms with Crippen molar-refractivity contribution in [3.63, 3.8) is 0 Å². The number of esters is 1. The highest BCUT2D eigenvalue weighted by atomic mass is 16.5. The van der Waals surface area contributed by atoms with Crippen LogP contribution in [-0.2, 0) is 17.7 Å². The first-order chi connectivity index (χ1) is 15.0. The van der Waals surface area contributed by atoms with Crippen molar-refractivity contribution in [3.8, 4) is 0 Å². The third-order valence-electron chi connectivity index (χ3n) is 5.23. The van der Waals surface area contributed by atoms with Gasteiger partial charge in [-0.2, -0.15) is 0 Å². The number of hydrogen-bond donors (Lipinski definition) is 0. The molecule has 3 aromatic carbocycles. The van der Waals surface area contributed by atoms with E-state index in [1.807, 2.05) is 62.4 Å². The Morgan fingerprint density at radius 3 is 2.32 bits per heavy atom. The van der Waals surface area contributed by atoms with Gasteiger partial charge in [0.05, 0.1) is 17.6 Å². The Balaban J connectivity index is 1.63. The van der Waals surface area contributed by atoms with E-state index in [1.165, 1.54) is 0 Å². The van der Waals surface area contributed by atoms with Crippen LogP contribution in [0.2, 0.25) is 0 Å². The minimum absolute atomic E-state index is 0.0754. The van der Waals surface area contributed by atoms with E-state index in [4.69, 9.17) is 4.74 Å². The van der Waals surface area contributed by atoms with Gasteiger partial charge in [-0.05, 0) is 43.2 Å². The molecular formula is C25H23N3O3. The van der Waals surface area contributed by atoms with E-state index < -0.39 is 12.1 Å². The minimum Gasteiger partial charge on any atom is -0.448 e. The number of carbonyl (C=O) groups is 2. The molecule has 1 aromatic heterocycles. The Morgan fingerprint density at radius 1 is 0.935 bits per heavy atom. The van der Waals surface area contributed by atoms with E-state index in [2.05, 4.69) is 10.3 Å². The molecule has 1 heterocycles. The summed E-state index contributed by atoms with van der Waals surface area (Å²) in [6.45, 7) is 4.07. The molecule has 6 heteroatoms. The van der Waals surface area contributed by atoms with Crippen molar-refractivity contribution < 1.29 is 14.3 Å². The molecule has 0 saturated heterocycles. The molecule has 0 spiro atoms. The van der Waals surface area contributed by atoms with Crippen molar-refractivity contribution in [1.82, 2.24) is 15.0 Å². The quantitative estimate of drug-likeness (QED) is 0.331. The zero-order valence-electron chi connectivity index (χ0n) is 17.5. The van der Waals surface area contributed by atoms with Gasteiger partial charge in [0.1, 0.15) is 5.52 Å². The Kier molecular flexibility index (Phi) is 5.89. The molecule has 4 aromatic rings. The summed E-state index contributed by atoms with van der Waals surface area (Å²) in [5.41, 5.74) is 4.54. The van der Waals surface area contributed by atoms with Crippen LogP contribution < -0.4 is 0 Å². The van der Waals surface area contributed by atoms with Gasteiger partial charge in [-0.1, -0.05) is 66.2 Å². The molecule has 0 fully saturated rings. The molecule has 0 saturated carbocycles. The molecule has 0 aliphatic carbocycles. The molecule has 4 rings (SSSR count). The van der Waals surface area contributed by atoms with Crippen LogP contribution in [0.25, 0.3) is 11.0 Å². The fraction of sp³-hybridized carbons (Fsp3) is 0.200. The van der Waals surface area contributed by atoms with E-state index in [1.54, 1.807) is 28.9 Å². The number of Topliss-reactive ketones (excluding diaryl/α,β-unsaturated/α-hetero) is 1. The number of carbonyl (C=O) groups excluding carboxylic acids is 2. The second kappa shape index (κ2) is 8.92. The fourth-order valence-electron chi connectivity index (χ4n) is 3.36. The number of fused-ring (bicyclic) bond motifs is 1. The number of hydrogen-bond acceptors (Lipinski definition) is 5. The number of aryl methyl sites for hydroxylation is 2. The average Bonchev–Trinajstić information content (AvgIpc) is 3.21. The van der Waals surface area contributed by atoms with Gasteiger partial charge in [0.15, 0.2) is 6.10 Å².